The van der Waals surface area contributed by atoms with E-state index >= 15 is 0 Å². The number of amides is 1. The number of anilines is 2. The number of fused-ring (bicyclic) bond motifs is 1. The van der Waals surface area contributed by atoms with Crippen molar-refractivity contribution in [1.29, 1.82) is 0 Å². The maximum absolute atomic E-state index is 14.4. The first-order valence-electron chi connectivity index (χ1n) is 13.8. The zero-order valence-corrected chi connectivity index (χ0v) is 24.3. The molecule has 3 aromatic rings. The molecule has 224 valence electrons. The maximum atomic E-state index is 14.4. The molecule has 1 unspecified atom stereocenters. The van der Waals surface area contributed by atoms with Crippen LogP contribution >= 0.6 is 0 Å². The molecule has 0 bridgehead atoms. The zero-order valence-electron chi connectivity index (χ0n) is 24.3. The number of hydrogen-bond donors (Lipinski definition) is 2. The molecule has 1 aliphatic heterocycles. The van der Waals surface area contributed by atoms with Gasteiger partial charge >= 0.3 is 5.92 Å². The number of carbonyl (C=O) groups excluding carboxylic acids is 1. The number of imidazole rings is 1. The minimum absolute atomic E-state index is 0.181. The summed E-state index contributed by atoms with van der Waals surface area (Å²) >= 11 is 0. The molecule has 1 aromatic heterocycles. The maximum Gasteiger partial charge on any atom is 0.301 e. The molecule has 11 heteroatoms. The Hall–Kier alpha value is -3.47. The highest BCUT2D eigenvalue weighted by Gasteiger charge is 2.41. The second kappa shape index (κ2) is 12.6. The van der Waals surface area contributed by atoms with E-state index in [4.69, 9.17) is 10.7 Å². The molecule has 1 atom stereocenters. The van der Waals surface area contributed by atoms with Crippen molar-refractivity contribution in [2.45, 2.75) is 71.9 Å². The fraction of sp³-hybridized carbons (Fsp3) is 0.467. The van der Waals surface area contributed by atoms with Gasteiger partial charge in [-0.05, 0) is 62.1 Å². The van der Waals surface area contributed by atoms with Gasteiger partial charge in [-0.1, -0.05) is 33.8 Å². The van der Waals surface area contributed by atoms with Gasteiger partial charge in [-0.3, -0.25) is 4.79 Å². The van der Waals surface area contributed by atoms with Crippen molar-refractivity contribution in [3.63, 3.8) is 0 Å². The van der Waals surface area contributed by atoms with Crippen LogP contribution in [0.4, 0.5) is 33.5 Å². The van der Waals surface area contributed by atoms with Crippen molar-refractivity contribution < 1.29 is 26.7 Å². The fourth-order valence-electron chi connectivity index (χ4n) is 5.07. The van der Waals surface area contributed by atoms with E-state index in [0.29, 0.717) is 48.1 Å². The molecule has 2 aromatic carbocycles. The van der Waals surface area contributed by atoms with Crippen molar-refractivity contribution in [2.24, 2.45) is 5.73 Å². The largest absolute Gasteiger partial charge is 0.340 e. The summed E-state index contributed by atoms with van der Waals surface area (Å²) in [4.78, 5) is 18.9. The summed E-state index contributed by atoms with van der Waals surface area (Å²) in [5, 5.41) is 3.24. The van der Waals surface area contributed by atoms with Crippen LogP contribution in [0, 0.1) is 11.6 Å². The second-order valence-electron chi connectivity index (χ2n) is 10.3. The van der Waals surface area contributed by atoms with Crippen molar-refractivity contribution in [3.05, 3.63) is 65.0 Å². The number of rotatable bonds is 8. The second-order valence-corrected chi connectivity index (χ2v) is 10.3. The topological polar surface area (TPSA) is 76.2 Å². The van der Waals surface area contributed by atoms with Gasteiger partial charge in [0.1, 0.15) is 17.3 Å². The lowest BCUT2D eigenvalue weighted by atomic mass is 9.90. The molecule has 6 nitrogen and oxygen atoms in total. The van der Waals surface area contributed by atoms with Crippen LogP contribution in [0.1, 0.15) is 70.8 Å². The lowest BCUT2D eigenvalue weighted by Gasteiger charge is -2.42. The third-order valence-electron chi connectivity index (χ3n) is 7.43. The predicted octanol–water partition coefficient (Wildman–Crippen LogP) is 7.21. The van der Waals surface area contributed by atoms with Gasteiger partial charge in [0.25, 0.3) is 0 Å². The highest BCUT2D eigenvalue weighted by atomic mass is 19.3. The van der Waals surface area contributed by atoms with Gasteiger partial charge in [-0.2, -0.15) is 8.78 Å². The predicted molar refractivity (Wildman–Crippen MR) is 151 cm³/mol. The normalized spacial score (nSPS) is 15.1. The van der Waals surface area contributed by atoms with Gasteiger partial charge in [0.05, 0.1) is 12.1 Å². The Balaban J connectivity index is 0.00000226. The molecule has 3 N–H and O–H groups in total. The molecule has 1 amide bonds. The van der Waals surface area contributed by atoms with Crippen LogP contribution in [0.2, 0.25) is 0 Å². The Labute approximate surface area is 237 Å². The van der Waals surface area contributed by atoms with Crippen molar-refractivity contribution >= 4 is 17.4 Å². The average molecular weight is 580 g/mol. The standard InChI is InChI=1S/C28H32F5N5O.C2H6/c1-5-16(2)19-13-18(7-8-20(19)28(32,33)15-29)35-25-24(17-6-9-21(30)22(31)12-17)36-26-27(3,4)38(23(39)14-34)11-10-37(25)26;1-2/h6-9,12-13,16,35H,5,10-11,14-15,34H2,1-4H3;1-2H3. The molecule has 2 heterocycles. The number of nitrogens with one attached hydrogen (secondary N) is 1. The van der Waals surface area contributed by atoms with E-state index in [1.165, 1.54) is 18.2 Å². The Morgan fingerprint density at radius 1 is 1.12 bits per heavy atom. The number of benzene rings is 2. The van der Waals surface area contributed by atoms with E-state index in [9.17, 15) is 26.7 Å². The average Bonchev–Trinajstić information content (AvgIpc) is 3.34. The molecule has 4 rings (SSSR count). The van der Waals surface area contributed by atoms with Gasteiger partial charge in [0, 0.05) is 29.9 Å². The first-order valence-corrected chi connectivity index (χ1v) is 13.8. The summed E-state index contributed by atoms with van der Waals surface area (Å²) in [6.07, 6.45) is 0.556. The van der Waals surface area contributed by atoms with Crippen LogP contribution in [0.25, 0.3) is 11.3 Å². The summed E-state index contributed by atoms with van der Waals surface area (Å²) in [7, 11) is 0. The van der Waals surface area contributed by atoms with Crippen LogP contribution in [-0.2, 0) is 22.8 Å². The summed E-state index contributed by atoms with van der Waals surface area (Å²) in [5.41, 5.74) is 5.67. The molecule has 0 saturated carbocycles. The van der Waals surface area contributed by atoms with E-state index in [1.54, 1.807) is 17.9 Å². The zero-order chi connectivity index (χ0) is 30.7. The number of carbonyl (C=O) groups is 1. The Kier molecular flexibility index (Phi) is 9.84. The van der Waals surface area contributed by atoms with Crippen LogP contribution in [-0.4, -0.2) is 40.1 Å². The Bertz CT molecular complexity index is 1390. The van der Waals surface area contributed by atoms with E-state index in [2.05, 4.69) is 5.32 Å². The van der Waals surface area contributed by atoms with Gasteiger partial charge in [-0.15, -0.1) is 0 Å². The number of hydrogen-bond acceptors (Lipinski definition) is 4. The van der Waals surface area contributed by atoms with E-state index < -0.39 is 29.8 Å². The molecular weight excluding hydrogens is 541 g/mol. The molecule has 0 saturated heterocycles. The molecule has 0 radical (unpaired) electrons. The first-order chi connectivity index (χ1) is 19.3. The Morgan fingerprint density at radius 3 is 2.39 bits per heavy atom. The summed E-state index contributed by atoms with van der Waals surface area (Å²) in [6.45, 7) is 9.91. The van der Waals surface area contributed by atoms with Gasteiger partial charge in [-0.25, -0.2) is 18.2 Å². The molecule has 41 heavy (non-hydrogen) atoms. The van der Waals surface area contributed by atoms with Gasteiger partial charge in [0.2, 0.25) is 5.91 Å². The van der Waals surface area contributed by atoms with Crippen molar-refractivity contribution in [1.82, 2.24) is 14.5 Å². The lowest BCUT2D eigenvalue weighted by molar-refractivity contribution is -0.137. The third-order valence-corrected chi connectivity index (χ3v) is 7.43. The van der Waals surface area contributed by atoms with Crippen LogP contribution < -0.4 is 11.1 Å². The smallest absolute Gasteiger partial charge is 0.301 e. The quantitative estimate of drug-likeness (QED) is 0.277. The third kappa shape index (κ3) is 6.10. The van der Waals surface area contributed by atoms with E-state index in [1.807, 2.05) is 39.2 Å². The van der Waals surface area contributed by atoms with Crippen LogP contribution in [0.3, 0.4) is 0 Å². The van der Waals surface area contributed by atoms with Gasteiger partial charge < -0.3 is 20.5 Å². The fourth-order valence-corrected chi connectivity index (χ4v) is 5.07. The van der Waals surface area contributed by atoms with Crippen molar-refractivity contribution in [3.8, 4) is 11.3 Å². The Morgan fingerprint density at radius 2 is 1.80 bits per heavy atom. The van der Waals surface area contributed by atoms with Gasteiger partial charge in [0.15, 0.2) is 18.3 Å². The number of nitrogens with two attached hydrogens (primary N) is 1. The summed E-state index contributed by atoms with van der Waals surface area (Å²) < 4.78 is 71.9. The molecule has 1 aliphatic rings. The van der Waals surface area contributed by atoms with E-state index in [0.717, 1.165) is 12.1 Å². The SMILES string of the molecule is CC.CCC(C)c1cc(Nc2c(-c3ccc(F)c(F)c3)nc3n2CCN(C(=O)CN)C3(C)C)ccc1C(F)(F)CF. The molecule has 0 aliphatic carbocycles. The highest BCUT2D eigenvalue weighted by molar-refractivity contribution is 5.80. The molecular formula is C30H38F5N5O. The molecule has 0 fully saturated rings. The summed E-state index contributed by atoms with van der Waals surface area (Å²) in [6, 6.07) is 7.61. The molecule has 0 spiro atoms. The number of nitrogens with zero attached hydrogens (tertiary/aromatic N) is 3. The minimum Gasteiger partial charge on any atom is -0.340 e. The minimum atomic E-state index is -3.63. The number of halogens is 5. The first kappa shape index (κ1) is 32.0. The number of alkyl halides is 3. The van der Waals surface area contributed by atoms with Crippen LogP contribution in [0.5, 0.6) is 0 Å². The highest BCUT2D eigenvalue weighted by Crippen LogP contribution is 2.41. The van der Waals surface area contributed by atoms with Crippen molar-refractivity contribution in [2.75, 3.05) is 25.1 Å². The lowest BCUT2D eigenvalue weighted by Crippen LogP contribution is -2.53. The summed E-state index contributed by atoms with van der Waals surface area (Å²) in [5.74, 6) is -5.34. The monoisotopic (exact) mass is 579 g/mol. The van der Waals surface area contributed by atoms with Crippen LogP contribution in [0.15, 0.2) is 36.4 Å². The van der Waals surface area contributed by atoms with E-state index in [-0.39, 0.29) is 29.5 Å². The number of aromatic nitrogens is 2.